The lowest BCUT2D eigenvalue weighted by atomic mass is 10.1. The van der Waals surface area contributed by atoms with Crippen LogP contribution in [0.5, 0.6) is 0 Å². The first-order valence-electron chi connectivity index (χ1n) is 7.67. The first kappa shape index (κ1) is 21.8. The highest BCUT2D eigenvalue weighted by atomic mass is 127. The lowest BCUT2D eigenvalue weighted by Gasteiger charge is -2.12. The van der Waals surface area contributed by atoms with Crippen LogP contribution in [-0.2, 0) is 24.4 Å². The molecule has 25 heavy (non-hydrogen) atoms. The van der Waals surface area contributed by atoms with E-state index < -0.39 is 0 Å². The molecule has 1 heterocycles. The second-order valence-corrected chi connectivity index (χ2v) is 6.68. The SMILES string of the molecule is CN=C(NCc1ccc(F)c(COC)c1)NCc1nc(C)c(C)s1.I. The summed E-state index contributed by atoms with van der Waals surface area (Å²) < 4.78 is 18.6. The number of halogens is 2. The molecule has 0 fully saturated rings. The number of aromatic nitrogens is 1. The molecule has 1 aromatic carbocycles. The molecule has 2 aromatic rings. The lowest BCUT2D eigenvalue weighted by Crippen LogP contribution is -2.36. The Balaban J connectivity index is 0.00000312. The number of aryl methyl sites for hydroxylation is 2. The number of nitrogens with one attached hydrogen (secondary N) is 2. The molecule has 5 nitrogen and oxygen atoms in total. The molecule has 2 rings (SSSR count). The second kappa shape index (κ2) is 10.7. The Kier molecular flexibility index (Phi) is 9.30. The number of thiazole rings is 1. The second-order valence-electron chi connectivity index (χ2n) is 5.39. The summed E-state index contributed by atoms with van der Waals surface area (Å²) in [7, 11) is 3.27. The summed E-state index contributed by atoms with van der Waals surface area (Å²) in [4.78, 5) is 9.92. The van der Waals surface area contributed by atoms with Gasteiger partial charge in [-0.3, -0.25) is 4.99 Å². The van der Waals surface area contributed by atoms with Crippen molar-refractivity contribution in [1.29, 1.82) is 0 Å². The van der Waals surface area contributed by atoms with Crippen LogP contribution < -0.4 is 10.6 Å². The van der Waals surface area contributed by atoms with Gasteiger partial charge in [-0.2, -0.15) is 0 Å². The summed E-state index contributed by atoms with van der Waals surface area (Å²) in [5, 5.41) is 7.48. The van der Waals surface area contributed by atoms with Gasteiger partial charge in [0.05, 0.1) is 18.8 Å². The Morgan fingerprint density at radius 3 is 2.60 bits per heavy atom. The highest BCUT2D eigenvalue weighted by Crippen LogP contribution is 2.16. The first-order chi connectivity index (χ1) is 11.5. The molecule has 0 aliphatic carbocycles. The number of aliphatic imine (C=N–C) groups is 1. The van der Waals surface area contributed by atoms with Crippen LogP contribution in [0, 0.1) is 19.7 Å². The zero-order valence-corrected chi connectivity index (χ0v) is 18.0. The van der Waals surface area contributed by atoms with Gasteiger partial charge >= 0.3 is 0 Å². The Hall–Kier alpha value is -1.26. The third-order valence-corrected chi connectivity index (χ3v) is 4.65. The molecule has 2 N–H and O–H groups in total. The van der Waals surface area contributed by atoms with E-state index in [9.17, 15) is 4.39 Å². The number of ether oxygens (including phenoxy) is 1. The maximum Gasteiger partial charge on any atom is 0.191 e. The van der Waals surface area contributed by atoms with E-state index in [-0.39, 0.29) is 36.4 Å². The zero-order chi connectivity index (χ0) is 17.5. The van der Waals surface area contributed by atoms with E-state index in [4.69, 9.17) is 4.74 Å². The third kappa shape index (κ3) is 6.52. The molecule has 138 valence electrons. The average molecular weight is 478 g/mol. The van der Waals surface area contributed by atoms with Crippen molar-refractivity contribution in [2.24, 2.45) is 4.99 Å². The summed E-state index contributed by atoms with van der Waals surface area (Å²) in [6, 6.07) is 5.01. The molecule has 0 atom stereocenters. The van der Waals surface area contributed by atoms with Crippen LogP contribution in [0.4, 0.5) is 4.39 Å². The van der Waals surface area contributed by atoms with Crippen molar-refractivity contribution in [2.45, 2.75) is 33.5 Å². The summed E-state index contributed by atoms with van der Waals surface area (Å²) in [6.45, 7) is 5.50. The fourth-order valence-electron chi connectivity index (χ4n) is 2.18. The van der Waals surface area contributed by atoms with Crippen molar-refractivity contribution < 1.29 is 9.13 Å². The van der Waals surface area contributed by atoms with Crippen molar-refractivity contribution in [1.82, 2.24) is 15.6 Å². The van der Waals surface area contributed by atoms with E-state index >= 15 is 0 Å². The molecule has 0 radical (unpaired) electrons. The number of benzene rings is 1. The monoisotopic (exact) mass is 478 g/mol. The predicted molar refractivity (Wildman–Crippen MR) is 111 cm³/mol. The Morgan fingerprint density at radius 1 is 1.28 bits per heavy atom. The van der Waals surface area contributed by atoms with Crippen molar-refractivity contribution in [2.75, 3.05) is 14.2 Å². The van der Waals surface area contributed by atoms with Crippen molar-refractivity contribution in [3.8, 4) is 0 Å². The maximum absolute atomic E-state index is 13.6. The molecule has 0 bridgehead atoms. The molecule has 0 unspecified atom stereocenters. The number of hydrogen-bond acceptors (Lipinski definition) is 4. The van der Waals surface area contributed by atoms with Gasteiger partial charge in [-0.05, 0) is 31.5 Å². The molecule has 0 aliphatic heterocycles. The van der Waals surface area contributed by atoms with Gasteiger partial charge in [-0.15, -0.1) is 35.3 Å². The van der Waals surface area contributed by atoms with Gasteiger partial charge in [0, 0.05) is 31.1 Å². The average Bonchev–Trinajstić information content (AvgIpc) is 2.89. The molecule has 0 saturated carbocycles. The van der Waals surface area contributed by atoms with Gasteiger partial charge in [-0.1, -0.05) is 6.07 Å². The van der Waals surface area contributed by atoms with Crippen molar-refractivity contribution in [3.05, 3.63) is 50.7 Å². The standard InChI is InChI=1S/C17H23FN4OS.HI/c1-11-12(2)24-16(22-11)9-21-17(19-3)20-8-13-5-6-15(18)14(7-13)10-23-4;/h5-7H,8-10H2,1-4H3,(H2,19,20,21);1H. The van der Waals surface area contributed by atoms with E-state index in [2.05, 4.69) is 27.5 Å². The number of hydrogen-bond donors (Lipinski definition) is 2. The zero-order valence-electron chi connectivity index (χ0n) is 14.9. The minimum absolute atomic E-state index is 0. The predicted octanol–water partition coefficient (Wildman–Crippen LogP) is 3.53. The molecule has 0 amide bonds. The van der Waals surface area contributed by atoms with Crippen LogP contribution in [0.15, 0.2) is 23.2 Å². The number of rotatable bonds is 6. The first-order valence-corrected chi connectivity index (χ1v) is 8.48. The van der Waals surface area contributed by atoms with Gasteiger partial charge in [0.1, 0.15) is 10.8 Å². The molecule has 1 aromatic heterocycles. The molecule has 0 aliphatic rings. The number of nitrogens with zero attached hydrogens (tertiary/aromatic N) is 2. The van der Waals surface area contributed by atoms with E-state index in [0.717, 1.165) is 16.3 Å². The highest BCUT2D eigenvalue weighted by Gasteiger charge is 2.06. The number of guanidine groups is 1. The van der Waals surface area contributed by atoms with E-state index in [1.165, 1.54) is 10.9 Å². The fourth-order valence-corrected chi connectivity index (χ4v) is 3.06. The van der Waals surface area contributed by atoms with Gasteiger partial charge < -0.3 is 15.4 Å². The minimum atomic E-state index is -0.252. The van der Waals surface area contributed by atoms with Crippen LogP contribution in [0.25, 0.3) is 0 Å². The molecular formula is C17H24FIN4OS. The third-order valence-electron chi connectivity index (χ3n) is 3.57. The van der Waals surface area contributed by atoms with Crippen LogP contribution in [0.3, 0.4) is 0 Å². The smallest absolute Gasteiger partial charge is 0.191 e. The van der Waals surface area contributed by atoms with Gasteiger partial charge in [0.25, 0.3) is 0 Å². The van der Waals surface area contributed by atoms with Gasteiger partial charge in [-0.25, -0.2) is 9.37 Å². The largest absolute Gasteiger partial charge is 0.380 e. The fraction of sp³-hybridized carbons (Fsp3) is 0.412. The molecule has 8 heteroatoms. The Labute approximate surface area is 169 Å². The lowest BCUT2D eigenvalue weighted by molar-refractivity contribution is 0.181. The van der Waals surface area contributed by atoms with E-state index in [0.29, 0.717) is 24.6 Å². The number of methoxy groups -OCH3 is 1. The Morgan fingerprint density at radius 2 is 2.00 bits per heavy atom. The van der Waals surface area contributed by atoms with Gasteiger partial charge in [0.2, 0.25) is 0 Å². The van der Waals surface area contributed by atoms with Crippen molar-refractivity contribution >= 4 is 41.3 Å². The summed E-state index contributed by atoms with van der Waals surface area (Å²) in [5.41, 5.74) is 2.58. The molecule has 0 saturated heterocycles. The van der Waals surface area contributed by atoms with Crippen LogP contribution in [-0.4, -0.2) is 25.1 Å². The maximum atomic E-state index is 13.6. The van der Waals surface area contributed by atoms with Crippen molar-refractivity contribution in [3.63, 3.8) is 0 Å². The summed E-state index contributed by atoms with van der Waals surface area (Å²) in [5.74, 6) is 0.427. The van der Waals surface area contributed by atoms with Crippen LogP contribution in [0.2, 0.25) is 0 Å². The van der Waals surface area contributed by atoms with Crippen LogP contribution in [0.1, 0.15) is 26.7 Å². The van der Waals surface area contributed by atoms with Gasteiger partial charge in [0.15, 0.2) is 5.96 Å². The summed E-state index contributed by atoms with van der Waals surface area (Å²) in [6.07, 6.45) is 0. The molecule has 0 spiro atoms. The minimum Gasteiger partial charge on any atom is -0.380 e. The normalized spacial score (nSPS) is 11.2. The summed E-state index contributed by atoms with van der Waals surface area (Å²) >= 11 is 1.68. The quantitative estimate of drug-likeness (QED) is 0.379. The van der Waals surface area contributed by atoms with Crippen LogP contribution >= 0.6 is 35.3 Å². The highest BCUT2D eigenvalue weighted by molar-refractivity contribution is 14.0. The topological polar surface area (TPSA) is 58.5 Å². The Bertz CT molecular complexity index is 701. The van der Waals surface area contributed by atoms with E-state index in [1.54, 1.807) is 37.6 Å². The molecular weight excluding hydrogens is 454 g/mol. The van der Waals surface area contributed by atoms with E-state index in [1.807, 2.05) is 6.92 Å².